The van der Waals surface area contributed by atoms with Crippen LogP contribution in [-0.4, -0.2) is 28.0 Å². The van der Waals surface area contributed by atoms with Crippen molar-refractivity contribution in [3.8, 4) is 5.75 Å². The number of nitrogens with zero attached hydrogens (tertiary/aromatic N) is 1. The van der Waals surface area contributed by atoms with Crippen molar-refractivity contribution in [2.45, 2.75) is 18.4 Å². The van der Waals surface area contributed by atoms with Crippen LogP contribution in [0.4, 0.5) is 5.69 Å². The summed E-state index contributed by atoms with van der Waals surface area (Å²) in [5.74, 6) is 0.279. The number of hydrogen-bond acceptors (Lipinski definition) is 4. The van der Waals surface area contributed by atoms with Gasteiger partial charge in [0.2, 0.25) is 5.91 Å². The average molecular weight is 459 g/mol. The van der Waals surface area contributed by atoms with Crippen molar-refractivity contribution in [2.24, 2.45) is 0 Å². The molecule has 0 radical (unpaired) electrons. The molecule has 8 heteroatoms. The van der Waals surface area contributed by atoms with Crippen LogP contribution < -0.4 is 14.4 Å². The highest BCUT2D eigenvalue weighted by Crippen LogP contribution is 2.29. The summed E-state index contributed by atoms with van der Waals surface area (Å²) in [6.45, 7) is 1.65. The molecule has 3 aromatic rings. The number of sulfonamides is 1. The van der Waals surface area contributed by atoms with Crippen molar-refractivity contribution in [1.29, 1.82) is 0 Å². The Bertz CT molecular complexity index is 1150. The molecule has 0 saturated carbocycles. The molecule has 3 aromatic carbocycles. The number of anilines is 1. The molecule has 0 aliphatic carbocycles. The van der Waals surface area contributed by atoms with Gasteiger partial charge in [0.05, 0.1) is 17.7 Å². The Kier molecular flexibility index (Phi) is 7.20. The first-order valence-electron chi connectivity index (χ1n) is 9.55. The third kappa shape index (κ3) is 5.57. The summed E-state index contributed by atoms with van der Waals surface area (Å²) < 4.78 is 32.9. The number of benzene rings is 3. The first-order chi connectivity index (χ1) is 14.8. The van der Waals surface area contributed by atoms with Crippen molar-refractivity contribution < 1.29 is 17.9 Å². The monoisotopic (exact) mass is 458 g/mol. The highest BCUT2D eigenvalue weighted by Gasteiger charge is 2.28. The fourth-order valence-corrected chi connectivity index (χ4v) is 4.67. The highest BCUT2D eigenvalue weighted by atomic mass is 35.5. The van der Waals surface area contributed by atoms with E-state index < -0.39 is 15.9 Å². The lowest BCUT2D eigenvalue weighted by molar-refractivity contribution is -0.119. The fourth-order valence-electron chi connectivity index (χ4n) is 3.00. The minimum atomic E-state index is -3.98. The summed E-state index contributed by atoms with van der Waals surface area (Å²) in [4.78, 5) is 12.8. The van der Waals surface area contributed by atoms with Gasteiger partial charge in [-0.25, -0.2) is 8.42 Å². The molecule has 0 aromatic heterocycles. The normalized spacial score (nSPS) is 11.1. The van der Waals surface area contributed by atoms with Crippen molar-refractivity contribution in [3.05, 3.63) is 88.9 Å². The lowest BCUT2D eigenvalue weighted by Crippen LogP contribution is -2.41. The number of carbonyl (C=O) groups is 1. The van der Waals surface area contributed by atoms with E-state index in [2.05, 4.69) is 5.32 Å². The van der Waals surface area contributed by atoms with E-state index in [0.29, 0.717) is 22.0 Å². The zero-order valence-corrected chi connectivity index (χ0v) is 18.8. The number of nitrogens with one attached hydrogen (secondary N) is 1. The van der Waals surface area contributed by atoms with E-state index >= 15 is 0 Å². The molecule has 1 amide bonds. The van der Waals surface area contributed by atoms with Gasteiger partial charge < -0.3 is 10.1 Å². The fraction of sp³-hybridized carbons (Fsp3) is 0.174. The van der Waals surface area contributed by atoms with Crippen LogP contribution >= 0.6 is 11.6 Å². The number of hydrogen-bond donors (Lipinski definition) is 1. The van der Waals surface area contributed by atoms with Gasteiger partial charge in [-0.3, -0.25) is 9.10 Å². The predicted octanol–water partition coefficient (Wildman–Crippen LogP) is 4.17. The maximum Gasteiger partial charge on any atom is 0.264 e. The smallest absolute Gasteiger partial charge is 0.264 e. The number of carbonyl (C=O) groups excluding carboxylic acids is 1. The van der Waals surface area contributed by atoms with Gasteiger partial charge in [0.1, 0.15) is 12.3 Å². The maximum absolute atomic E-state index is 13.4. The summed E-state index contributed by atoms with van der Waals surface area (Å²) in [7, 11) is -2.40. The lowest BCUT2D eigenvalue weighted by Gasteiger charge is -2.26. The molecule has 3 rings (SSSR count). The standard InChI is InChI=1S/C23H23ClN2O4S/c1-17-8-11-19(24)14-22(17)26(31(28,29)21-6-4-3-5-7-21)16-23(27)25-15-18-9-12-20(30-2)13-10-18/h3-14H,15-16H2,1-2H3,(H,25,27). The second-order valence-corrected chi connectivity index (χ2v) is 9.18. The molecular weight excluding hydrogens is 436 g/mol. The predicted molar refractivity (Wildman–Crippen MR) is 122 cm³/mol. The summed E-state index contributed by atoms with van der Waals surface area (Å²) in [5, 5.41) is 3.16. The van der Waals surface area contributed by atoms with Crippen LogP contribution in [-0.2, 0) is 21.4 Å². The SMILES string of the molecule is COc1ccc(CNC(=O)CN(c2cc(Cl)ccc2C)S(=O)(=O)c2ccccc2)cc1. The van der Waals surface area contributed by atoms with Gasteiger partial charge in [0.15, 0.2) is 0 Å². The maximum atomic E-state index is 13.4. The van der Waals surface area contributed by atoms with E-state index in [-0.39, 0.29) is 18.0 Å². The Balaban J connectivity index is 1.86. The molecule has 0 aliphatic rings. The van der Waals surface area contributed by atoms with E-state index in [0.717, 1.165) is 9.87 Å². The molecule has 0 bridgehead atoms. The zero-order valence-electron chi connectivity index (χ0n) is 17.2. The lowest BCUT2D eigenvalue weighted by atomic mass is 10.2. The van der Waals surface area contributed by atoms with Crippen LogP contribution in [0.3, 0.4) is 0 Å². The van der Waals surface area contributed by atoms with Crippen LogP contribution in [0.5, 0.6) is 5.75 Å². The van der Waals surface area contributed by atoms with Crippen LogP contribution in [0.2, 0.25) is 5.02 Å². The minimum Gasteiger partial charge on any atom is -0.497 e. The molecule has 0 fully saturated rings. The highest BCUT2D eigenvalue weighted by molar-refractivity contribution is 7.92. The number of halogens is 1. The zero-order chi connectivity index (χ0) is 22.4. The molecule has 6 nitrogen and oxygen atoms in total. The second-order valence-electron chi connectivity index (χ2n) is 6.88. The van der Waals surface area contributed by atoms with E-state index in [4.69, 9.17) is 16.3 Å². The summed E-state index contributed by atoms with van der Waals surface area (Å²) in [5.41, 5.74) is 1.91. The van der Waals surface area contributed by atoms with Crippen LogP contribution in [0.15, 0.2) is 77.7 Å². The van der Waals surface area contributed by atoms with Crippen LogP contribution in [0, 0.1) is 6.92 Å². The van der Waals surface area contributed by atoms with Crippen molar-refractivity contribution in [1.82, 2.24) is 5.32 Å². The molecule has 0 heterocycles. The average Bonchev–Trinajstić information content (AvgIpc) is 2.78. The molecule has 162 valence electrons. The Morgan fingerprint density at radius 1 is 1.03 bits per heavy atom. The molecule has 1 N–H and O–H groups in total. The van der Waals surface area contributed by atoms with Crippen molar-refractivity contribution in [2.75, 3.05) is 18.0 Å². The summed E-state index contributed by atoms with van der Waals surface area (Å²) >= 11 is 6.13. The second kappa shape index (κ2) is 9.85. The van der Waals surface area contributed by atoms with E-state index in [9.17, 15) is 13.2 Å². The van der Waals surface area contributed by atoms with Crippen molar-refractivity contribution >= 4 is 33.2 Å². The molecule has 0 saturated heterocycles. The van der Waals surface area contributed by atoms with E-state index in [1.807, 2.05) is 12.1 Å². The number of ether oxygens (including phenoxy) is 1. The molecule has 31 heavy (non-hydrogen) atoms. The first-order valence-corrected chi connectivity index (χ1v) is 11.4. The summed E-state index contributed by atoms with van der Waals surface area (Å²) in [6, 6.07) is 20.2. The largest absolute Gasteiger partial charge is 0.497 e. The Morgan fingerprint density at radius 2 is 1.71 bits per heavy atom. The molecule has 0 spiro atoms. The van der Waals surface area contributed by atoms with Gasteiger partial charge >= 0.3 is 0 Å². The molecule has 0 atom stereocenters. The van der Waals surface area contributed by atoms with E-state index in [1.54, 1.807) is 62.6 Å². The quantitative estimate of drug-likeness (QED) is 0.549. The Hall–Kier alpha value is -3.03. The molecule has 0 unspecified atom stereocenters. The van der Waals surface area contributed by atoms with Crippen LogP contribution in [0.25, 0.3) is 0 Å². The number of methoxy groups -OCH3 is 1. The topological polar surface area (TPSA) is 75.7 Å². The van der Waals surface area contributed by atoms with Gasteiger partial charge in [-0.15, -0.1) is 0 Å². The third-order valence-corrected chi connectivity index (χ3v) is 6.72. The van der Waals surface area contributed by atoms with Crippen molar-refractivity contribution in [3.63, 3.8) is 0 Å². The Labute approximate surface area is 187 Å². The third-order valence-electron chi connectivity index (χ3n) is 4.71. The number of amides is 1. The van der Waals surface area contributed by atoms with Gasteiger partial charge in [-0.1, -0.05) is 48.0 Å². The van der Waals surface area contributed by atoms with Gasteiger partial charge in [0.25, 0.3) is 10.0 Å². The van der Waals surface area contributed by atoms with Gasteiger partial charge in [0, 0.05) is 11.6 Å². The minimum absolute atomic E-state index is 0.0947. The van der Waals surface area contributed by atoms with Gasteiger partial charge in [-0.2, -0.15) is 0 Å². The van der Waals surface area contributed by atoms with Crippen LogP contribution in [0.1, 0.15) is 11.1 Å². The summed E-state index contributed by atoms with van der Waals surface area (Å²) in [6.07, 6.45) is 0. The molecule has 0 aliphatic heterocycles. The number of aryl methyl sites for hydroxylation is 1. The van der Waals surface area contributed by atoms with E-state index in [1.165, 1.54) is 12.1 Å². The Morgan fingerprint density at radius 3 is 2.35 bits per heavy atom. The molecular formula is C23H23ClN2O4S. The van der Waals surface area contributed by atoms with Gasteiger partial charge in [-0.05, 0) is 54.4 Å². The first kappa shape index (κ1) is 22.7. The number of rotatable bonds is 8.